The van der Waals surface area contributed by atoms with Gasteiger partial charge in [-0.2, -0.15) is 3.89 Å². The number of allylic oxidation sites excluding steroid dienone is 1. The van der Waals surface area contributed by atoms with Crippen LogP contribution in [0, 0.1) is 5.92 Å². The molecule has 0 heterocycles. The maximum absolute atomic E-state index is 12.2. The number of rotatable bonds is 4. The van der Waals surface area contributed by atoms with Crippen LogP contribution in [-0.2, 0) is 0 Å². The molecule has 76 valence electrons. The van der Waals surface area contributed by atoms with Crippen molar-refractivity contribution in [3.05, 3.63) is 36.4 Å². The van der Waals surface area contributed by atoms with Gasteiger partial charge in [0.15, 0.2) is 0 Å². The van der Waals surface area contributed by atoms with E-state index in [4.69, 9.17) is 0 Å². The fourth-order valence-corrected chi connectivity index (χ4v) is 1.49. The first kappa shape index (κ1) is 11.3. The van der Waals surface area contributed by atoms with E-state index in [1.54, 1.807) is 12.1 Å². The molecule has 0 spiro atoms. The van der Waals surface area contributed by atoms with Crippen molar-refractivity contribution in [1.29, 1.82) is 0 Å². The van der Waals surface area contributed by atoms with Gasteiger partial charge >= 0.3 is 0 Å². The van der Waals surface area contributed by atoms with E-state index in [1.165, 1.54) is 0 Å². The molecule has 0 amide bonds. The van der Waals surface area contributed by atoms with Gasteiger partial charge in [-0.3, -0.25) is 0 Å². The van der Waals surface area contributed by atoms with E-state index >= 15 is 0 Å². The number of benzene rings is 1. The Balaban J connectivity index is 2.81. The van der Waals surface area contributed by atoms with E-state index < -0.39 is 0 Å². The highest BCUT2D eigenvalue weighted by Gasteiger charge is 2.06. The molecule has 0 bridgehead atoms. The minimum absolute atomic E-state index is 0.274. The van der Waals surface area contributed by atoms with Crippen LogP contribution in [0.3, 0.4) is 0 Å². The van der Waals surface area contributed by atoms with Crippen molar-refractivity contribution < 1.29 is 3.89 Å². The molecule has 0 nitrogen and oxygen atoms in total. The summed E-state index contributed by atoms with van der Waals surface area (Å²) < 4.78 is 12.2. The molecule has 0 aromatic heterocycles. The number of hydrogen-bond donors (Lipinski definition) is 0. The molecule has 14 heavy (non-hydrogen) atoms. The number of halogens is 1. The van der Waals surface area contributed by atoms with Crippen LogP contribution in [0.1, 0.15) is 25.8 Å². The van der Waals surface area contributed by atoms with Crippen LogP contribution in [0.4, 0.5) is 3.89 Å². The Morgan fingerprint density at radius 1 is 1.43 bits per heavy atom. The molecular weight excluding hydrogens is 195 g/mol. The summed E-state index contributed by atoms with van der Waals surface area (Å²) in [6.45, 7) is 8.34. The van der Waals surface area contributed by atoms with Crippen molar-refractivity contribution in [3.8, 4) is 0 Å². The molecule has 0 radical (unpaired) electrons. The van der Waals surface area contributed by atoms with Crippen LogP contribution in [0.2, 0.25) is 0 Å². The smallest absolute Gasteiger partial charge is 0.0812 e. The van der Waals surface area contributed by atoms with Crippen molar-refractivity contribution in [2.45, 2.75) is 25.2 Å². The van der Waals surface area contributed by atoms with Gasteiger partial charge in [-0.1, -0.05) is 32.6 Å². The van der Waals surface area contributed by atoms with Gasteiger partial charge in [0.05, 0.1) is 12.1 Å². The minimum Gasteiger partial charge on any atom is -0.160 e. The summed E-state index contributed by atoms with van der Waals surface area (Å²) in [6, 6.07) is 7.42. The molecule has 1 atom stereocenters. The van der Waals surface area contributed by atoms with E-state index in [9.17, 15) is 3.89 Å². The lowest BCUT2D eigenvalue weighted by Crippen LogP contribution is -1.95. The van der Waals surface area contributed by atoms with Gasteiger partial charge in [-0.15, -0.1) is 0 Å². The fourth-order valence-electron chi connectivity index (χ4n) is 1.25. The van der Waals surface area contributed by atoms with Crippen LogP contribution in [0.25, 0.3) is 5.57 Å². The highest BCUT2D eigenvalue weighted by molar-refractivity contribution is 7.94. The lowest BCUT2D eigenvalue weighted by molar-refractivity contribution is 0.719. The first-order chi connectivity index (χ1) is 6.69. The molecular formula is C12H15FS. The second kappa shape index (κ2) is 5.20. The third-order valence-corrected chi connectivity index (χ3v) is 2.97. The van der Waals surface area contributed by atoms with Crippen LogP contribution < -0.4 is 0 Å². The monoisotopic (exact) mass is 210 g/mol. The van der Waals surface area contributed by atoms with E-state index in [2.05, 4.69) is 20.4 Å². The largest absolute Gasteiger partial charge is 0.160 e. The number of hydrogen-bond acceptors (Lipinski definition) is 1. The summed E-state index contributed by atoms with van der Waals surface area (Å²) in [7, 11) is 0. The molecule has 1 aromatic carbocycles. The second-order valence-corrected chi connectivity index (χ2v) is 4.06. The Labute approximate surface area is 89.5 Å². The Morgan fingerprint density at radius 3 is 2.43 bits per heavy atom. The van der Waals surface area contributed by atoms with Gasteiger partial charge in [0.2, 0.25) is 0 Å². The summed E-state index contributed by atoms with van der Waals surface area (Å²) in [6.07, 6.45) is 1.08. The summed E-state index contributed by atoms with van der Waals surface area (Å²) in [5.74, 6) is 0.485. The summed E-state index contributed by atoms with van der Waals surface area (Å²) >= 11 is 0.274. The van der Waals surface area contributed by atoms with E-state index in [0.717, 1.165) is 17.6 Å². The molecule has 0 saturated carbocycles. The van der Waals surface area contributed by atoms with Gasteiger partial charge in [0.25, 0.3) is 0 Å². The molecule has 0 aliphatic rings. The molecule has 1 unspecified atom stereocenters. The van der Waals surface area contributed by atoms with Crippen LogP contribution >= 0.6 is 12.1 Å². The molecule has 0 aliphatic heterocycles. The highest BCUT2D eigenvalue weighted by Crippen LogP contribution is 2.26. The van der Waals surface area contributed by atoms with Crippen molar-refractivity contribution in [3.63, 3.8) is 0 Å². The Kier molecular flexibility index (Phi) is 4.21. The third kappa shape index (κ3) is 2.61. The molecule has 0 saturated heterocycles. The normalized spacial score (nSPS) is 12.5. The maximum atomic E-state index is 12.2. The topological polar surface area (TPSA) is 0 Å². The third-order valence-electron chi connectivity index (χ3n) is 2.52. The van der Waals surface area contributed by atoms with Crippen molar-refractivity contribution in [2.75, 3.05) is 0 Å². The van der Waals surface area contributed by atoms with Crippen molar-refractivity contribution in [2.24, 2.45) is 5.92 Å². The van der Waals surface area contributed by atoms with Gasteiger partial charge in [0.1, 0.15) is 0 Å². The quantitative estimate of drug-likeness (QED) is 0.692. The highest BCUT2D eigenvalue weighted by atomic mass is 32.2. The van der Waals surface area contributed by atoms with Crippen LogP contribution in [-0.4, -0.2) is 0 Å². The van der Waals surface area contributed by atoms with E-state index in [1.807, 2.05) is 12.1 Å². The Hall–Kier alpha value is -0.760. The van der Waals surface area contributed by atoms with E-state index in [-0.39, 0.29) is 12.1 Å². The van der Waals surface area contributed by atoms with Gasteiger partial charge < -0.3 is 0 Å². The van der Waals surface area contributed by atoms with Gasteiger partial charge in [-0.25, -0.2) is 0 Å². The van der Waals surface area contributed by atoms with E-state index in [0.29, 0.717) is 10.8 Å². The molecule has 0 aliphatic carbocycles. The lowest BCUT2D eigenvalue weighted by Gasteiger charge is -2.12. The Morgan fingerprint density at radius 2 is 2.00 bits per heavy atom. The van der Waals surface area contributed by atoms with Crippen molar-refractivity contribution in [1.82, 2.24) is 0 Å². The first-order valence-corrected chi connectivity index (χ1v) is 5.48. The first-order valence-electron chi connectivity index (χ1n) is 4.76. The molecule has 1 aromatic rings. The second-order valence-electron chi connectivity index (χ2n) is 3.44. The average molecular weight is 210 g/mol. The molecule has 0 N–H and O–H groups in total. The van der Waals surface area contributed by atoms with Crippen LogP contribution in [0.15, 0.2) is 35.7 Å². The average Bonchev–Trinajstić information content (AvgIpc) is 2.27. The van der Waals surface area contributed by atoms with Crippen molar-refractivity contribution >= 4 is 17.7 Å². The fraction of sp³-hybridized carbons (Fsp3) is 0.333. The molecule has 1 rings (SSSR count). The summed E-state index contributed by atoms with van der Waals surface area (Å²) in [5.41, 5.74) is 2.24. The zero-order valence-electron chi connectivity index (χ0n) is 8.59. The maximum Gasteiger partial charge on any atom is 0.0812 e. The SMILES string of the molecule is C=C(c1ccc(SF)cc1)C(C)CC. The standard InChI is InChI=1S/C12H15FS/c1-4-9(2)10(3)11-5-7-12(14-13)8-6-11/h5-9H,3-4H2,1-2H3. The Bertz CT molecular complexity index is 303. The zero-order chi connectivity index (χ0) is 10.6. The zero-order valence-corrected chi connectivity index (χ0v) is 9.40. The molecule has 0 fully saturated rings. The lowest BCUT2D eigenvalue weighted by atomic mass is 9.94. The van der Waals surface area contributed by atoms with Gasteiger partial charge in [-0.05, 0) is 35.6 Å². The minimum atomic E-state index is 0.274. The summed E-state index contributed by atoms with van der Waals surface area (Å²) in [4.78, 5) is 0.644. The predicted molar refractivity (Wildman–Crippen MR) is 61.9 cm³/mol. The van der Waals surface area contributed by atoms with Crippen LogP contribution in [0.5, 0.6) is 0 Å². The van der Waals surface area contributed by atoms with Gasteiger partial charge in [0, 0.05) is 4.90 Å². The summed E-state index contributed by atoms with van der Waals surface area (Å²) in [5, 5.41) is 0. The molecule has 2 heteroatoms. The predicted octanol–water partition coefficient (Wildman–Crippen LogP) is 4.72.